The van der Waals surface area contributed by atoms with Crippen LogP contribution in [-0.4, -0.2) is 23.8 Å². The van der Waals surface area contributed by atoms with Crippen LogP contribution in [0.1, 0.15) is 27.7 Å². The smallest absolute Gasteiger partial charge is 0.331 e. The highest BCUT2D eigenvalue weighted by molar-refractivity contribution is 7.26. The predicted molar refractivity (Wildman–Crippen MR) is 147 cm³/mol. The van der Waals surface area contributed by atoms with E-state index in [4.69, 9.17) is 4.65 Å². The van der Waals surface area contributed by atoms with E-state index in [0.29, 0.717) is 0 Å². The third kappa shape index (κ3) is 4.18. The first-order valence-corrected chi connectivity index (χ1v) is 12.4. The Bertz CT molecular complexity index is 1450. The van der Waals surface area contributed by atoms with Gasteiger partial charge in [-0.3, -0.25) is 0 Å². The van der Waals surface area contributed by atoms with Gasteiger partial charge in [-0.05, 0) is 73.4 Å². The van der Waals surface area contributed by atoms with Crippen molar-refractivity contribution in [1.82, 2.24) is 0 Å². The van der Waals surface area contributed by atoms with Gasteiger partial charge in [0.1, 0.15) is 0 Å². The molecule has 0 saturated carbocycles. The maximum atomic E-state index is 10.6. The Balaban J connectivity index is 1.73. The molecule has 0 unspecified atom stereocenters. The van der Waals surface area contributed by atoms with Crippen LogP contribution in [0.5, 0.6) is 0 Å². The zero-order valence-corrected chi connectivity index (χ0v) is 20.8. The Kier molecular flexibility index (Phi) is 5.85. The zero-order chi connectivity index (χ0) is 23.9. The molecule has 0 spiro atoms. The number of thiophene rings is 1. The molecule has 0 bridgehead atoms. The lowest BCUT2D eigenvalue weighted by Gasteiger charge is -2.37. The van der Waals surface area contributed by atoms with Crippen LogP contribution in [-0.2, 0) is 4.65 Å². The summed E-state index contributed by atoms with van der Waals surface area (Å²) in [5.74, 6) is 0. The molecule has 1 aromatic heterocycles. The molecule has 4 aromatic carbocycles. The van der Waals surface area contributed by atoms with Crippen molar-refractivity contribution < 1.29 is 9.76 Å². The molecule has 0 aliphatic heterocycles. The number of hydrogen-bond donors (Lipinski definition) is 1. The topological polar surface area (TPSA) is 29.5 Å². The predicted octanol–water partition coefficient (Wildman–Crippen LogP) is 7.20. The standard InChI is InChI=1S/C30H28BO2S/c1-29(2,32)30(3,4)33-31-25-16-11-17-26-27(25)24-19-22(20-12-7-5-8-13-20)18-23(28(24)34-26)21-14-9-6-10-15-21/h5-19,32H,1-4H3. The third-order valence-electron chi connectivity index (χ3n) is 6.77. The minimum atomic E-state index is -0.977. The Hall–Kier alpha value is -2.92. The van der Waals surface area contributed by atoms with Crippen LogP contribution < -0.4 is 5.46 Å². The summed E-state index contributed by atoms with van der Waals surface area (Å²) in [5.41, 5.74) is 4.15. The first-order chi connectivity index (χ1) is 16.2. The van der Waals surface area contributed by atoms with Crippen LogP contribution in [0.2, 0.25) is 0 Å². The number of rotatable bonds is 6. The zero-order valence-electron chi connectivity index (χ0n) is 20.0. The van der Waals surface area contributed by atoms with E-state index in [-0.39, 0.29) is 0 Å². The molecular formula is C30H28BO2S. The fraction of sp³-hybridized carbons (Fsp3) is 0.200. The second-order valence-corrected chi connectivity index (χ2v) is 10.8. The van der Waals surface area contributed by atoms with Gasteiger partial charge in [-0.1, -0.05) is 72.8 Å². The molecule has 5 aromatic rings. The van der Waals surface area contributed by atoms with Gasteiger partial charge < -0.3 is 9.76 Å². The molecule has 0 fully saturated rings. The summed E-state index contributed by atoms with van der Waals surface area (Å²) < 4.78 is 8.65. The van der Waals surface area contributed by atoms with Gasteiger partial charge >= 0.3 is 7.48 Å². The molecule has 4 heteroatoms. The van der Waals surface area contributed by atoms with Gasteiger partial charge in [0.2, 0.25) is 0 Å². The van der Waals surface area contributed by atoms with Crippen molar-refractivity contribution in [2.24, 2.45) is 0 Å². The minimum Gasteiger partial charge on any atom is -0.427 e. The first-order valence-electron chi connectivity index (χ1n) is 11.6. The van der Waals surface area contributed by atoms with Gasteiger partial charge in [0.05, 0.1) is 11.2 Å². The van der Waals surface area contributed by atoms with E-state index in [2.05, 4.69) is 91.0 Å². The highest BCUT2D eigenvalue weighted by Crippen LogP contribution is 2.42. The van der Waals surface area contributed by atoms with Gasteiger partial charge in [0.15, 0.2) is 0 Å². The van der Waals surface area contributed by atoms with Crippen LogP contribution in [0.4, 0.5) is 0 Å². The van der Waals surface area contributed by atoms with E-state index in [0.717, 1.165) is 5.46 Å². The number of hydrogen-bond acceptors (Lipinski definition) is 3. The van der Waals surface area contributed by atoms with E-state index < -0.39 is 11.2 Å². The molecule has 1 N–H and O–H groups in total. The second kappa shape index (κ2) is 8.70. The van der Waals surface area contributed by atoms with E-state index >= 15 is 0 Å². The lowest BCUT2D eigenvalue weighted by atomic mass is 9.80. The molecule has 169 valence electrons. The summed E-state index contributed by atoms with van der Waals surface area (Å²) in [5, 5.41) is 13.0. The molecule has 0 saturated heterocycles. The third-order valence-corrected chi connectivity index (χ3v) is 7.98. The fourth-order valence-electron chi connectivity index (χ4n) is 4.04. The highest BCUT2D eigenvalue weighted by Gasteiger charge is 2.36. The van der Waals surface area contributed by atoms with Gasteiger partial charge in [-0.25, -0.2) is 0 Å². The van der Waals surface area contributed by atoms with Crippen molar-refractivity contribution in [2.45, 2.75) is 38.9 Å². The Labute approximate surface area is 206 Å². The van der Waals surface area contributed by atoms with Crippen molar-refractivity contribution in [2.75, 3.05) is 0 Å². The maximum Gasteiger partial charge on any atom is 0.331 e. The van der Waals surface area contributed by atoms with Crippen molar-refractivity contribution in [3.8, 4) is 22.3 Å². The molecule has 0 amide bonds. The monoisotopic (exact) mass is 463 g/mol. The second-order valence-electron chi connectivity index (χ2n) is 9.76. The average molecular weight is 463 g/mol. The van der Waals surface area contributed by atoms with Crippen molar-refractivity contribution in [3.63, 3.8) is 0 Å². The van der Waals surface area contributed by atoms with Crippen LogP contribution in [0, 0.1) is 0 Å². The number of fused-ring (bicyclic) bond motifs is 3. The average Bonchev–Trinajstić information content (AvgIpc) is 3.22. The van der Waals surface area contributed by atoms with Crippen molar-refractivity contribution >= 4 is 44.5 Å². The van der Waals surface area contributed by atoms with Crippen LogP contribution in [0.15, 0.2) is 91.0 Å². The summed E-state index contributed by atoms with van der Waals surface area (Å²) in [4.78, 5) is 0. The fourth-order valence-corrected chi connectivity index (χ4v) is 5.29. The molecule has 5 rings (SSSR count). The Morgan fingerprint density at radius 2 is 1.38 bits per heavy atom. The van der Waals surface area contributed by atoms with Crippen molar-refractivity contribution in [3.05, 3.63) is 91.0 Å². The largest absolute Gasteiger partial charge is 0.427 e. The van der Waals surface area contributed by atoms with E-state index in [9.17, 15) is 5.11 Å². The number of aliphatic hydroxyl groups is 1. The Morgan fingerprint density at radius 3 is 2.03 bits per heavy atom. The molecule has 1 heterocycles. The van der Waals surface area contributed by atoms with Gasteiger partial charge in [0, 0.05) is 20.3 Å². The summed E-state index contributed by atoms with van der Waals surface area (Å²) in [6.45, 7) is 7.38. The Morgan fingerprint density at radius 1 is 0.735 bits per heavy atom. The summed E-state index contributed by atoms with van der Waals surface area (Å²) in [6, 6.07) is 32.1. The van der Waals surface area contributed by atoms with Gasteiger partial charge in [0.25, 0.3) is 0 Å². The minimum absolute atomic E-state index is 0.731. The SMILES string of the molecule is CC(C)(O)C(C)(C)O[B]c1cccc2sc3c(-c4ccccc4)cc(-c4ccccc4)cc3c12. The van der Waals surface area contributed by atoms with Crippen LogP contribution in [0.25, 0.3) is 42.4 Å². The summed E-state index contributed by atoms with van der Waals surface area (Å²) in [7, 11) is 1.81. The molecular weight excluding hydrogens is 435 g/mol. The first kappa shape index (κ1) is 22.9. The van der Waals surface area contributed by atoms with Crippen molar-refractivity contribution in [1.29, 1.82) is 0 Å². The highest BCUT2D eigenvalue weighted by atomic mass is 32.1. The quantitative estimate of drug-likeness (QED) is 0.270. The van der Waals surface area contributed by atoms with E-state index in [1.54, 1.807) is 13.8 Å². The molecule has 0 aliphatic rings. The van der Waals surface area contributed by atoms with Gasteiger partial charge in [-0.2, -0.15) is 0 Å². The van der Waals surface area contributed by atoms with E-state index in [1.807, 2.05) is 32.7 Å². The molecule has 34 heavy (non-hydrogen) atoms. The maximum absolute atomic E-state index is 10.6. The van der Waals surface area contributed by atoms with E-state index in [1.165, 1.54) is 42.4 Å². The summed E-state index contributed by atoms with van der Waals surface area (Å²) >= 11 is 1.82. The lowest BCUT2D eigenvalue weighted by Crippen LogP contribution is -2.49. The lowest BCUT2D eigenvalue weighted by molar-refractivity contribution is -0.0893. The molecule has 0 atom stereocenters. The molecule has 1 radical (unpaired) electrons. The molecule has 0 aliphatic carbocycles. The van der Waals surface area contributed by atoms with Crippen LogP contribution >= 0.6 is 11.3 Å². The molecule has 2 nitrogen and oxygen atoms in total. The van der Waals surface area contributed by atoms with Gasteiger partial charge in [-0.15, -0.1) is 11.3 Å². The van der Waals surface area contributed by atoms with Crippen LogP contribution in [0.3, 0.4) is 0 Å². The number of benzene rings is 4. The normalized spacial score (nSPS) is 12.4. The summed E-state index contributed by atoms with van der Waals surface area (Å²) in [6.07, 6.45) is 0.